The first-order valence-electron chi connectivity index (χ1n) is 12.5. The third kappa shape index (κ3) is 4.60. The van der Waals surface area contributed by atoms with Gasteiger partial charge < -0.3 is 14.5 Å². The van der Waals surface area contributed by atoms with Gasteiger partial charge in [-0.15, -0.1) is 0 Å². The van der Waals surface area contributed by atoms with Gasteiger partial charge in [0.1, 0.15) is 11.6 Å². The van der Waals surface area contributed by atoms with Crippen LogP contribution in [0.3, 0.4) is 0 Å². The number of ether oxygens (including phenoxy) is 1. The van der Waals surface area contributed by atoms with Crippen LogP contribution in [0.1, 0.15) is 58.8 Å². The van der Waals surface area contributed by atoms with E-state index in [9.17, 15) is 14.0 Å². The number of nitrogens with zero attached hydrogens (tertiary/aromatic N) is 2. The second kappa shape index (κ2) is 10.1. The Labute approximate surface area is 211 Å². The van der Waals surface area contributed by atoms with Crippen molar-refractivity contribution in [3.8, 4) is 5.75 Å². The molecule has 0 unspecified atom stereocenters. The molecule has 0 bridgehead atoms. The largest absolute Gasteiger partial charge is 0.497 e. The number of piperidine rings is 1. The van der Waals surface area contributed by atoms with Crippen LogP contribution in [-0.2, 0) is 11.3 Å². The molecule has 2 atom stereocenters. The van der Waals surface area contributed by atoms with Crippen molar-refractivity contribution in [2.45, 2.75) is 38.3 Å². The maximum Gasteiger partial charge on any atom is 0.255 e. The summed E-state index contributed by atoms with van der Waals surface area (Å²) < 4.78 is 19.0. The number of fused-ring (bicyclic) bond motifs is 1. The number of likely N-dealkylation sites (tertiary alicyclic amines) is 1. The fraction of sp³-hybridized carbons (Fsp3) is 0.333. The van der Waals surface area contributed by atoms with Crippen LogP contribution in [0.2, 0.25) is 0 Å². The van der Waals surface area contributed by atoms with Gasteiger partial charge in [-0.2, -0.15) is 0 Å². The van der Waals surface area contributed by atoms with Crippen molar-refractivity contribution in [1.82, 2.24) is 9.80 Å². The fourth-order valence-corrected chi connectivity index (χ4v) is 5.42. The van der Waals surface area contributed by atoms with E-state index in [1.807, 2.05) is 47.4 Å². The maximum atomic E-state index is 14.2. The van der Waals surface area contributed by atoms with Gasteiger partial charge >= 0.3 is 0 Å². The molecule has 0 radical (unpaired) electrons. The van der Waals surface area contributed by atoms with Crippen molar-refractivity contribution in [3.05, 3.63) is 101 Å². The van der Waals surface area contributed by atoms with Crippen LogP contribution in [0.15, 0.2) is 72.8 Å². The van der Waals surface area contributed by atoms with Gasteiger partial charge in [0.05, 0.1) is 19.1 Å². The van der Waals surface area contributed by atoms with E-state index in [1.165, 1.54) is 12.1 Å². The second-order valence-electron chi connectivity index (χ2n) is 9.85. The van der Waals surface area contributed by atoms with Gasteiger partial charge in [0.25, 0.3) is 5.91 Å². The van der Waals surface area contributed by atoms with E-state index in [0.717, 1.165) is 42.6 Å². The summed E-state index contributed by atoms with van der Waals surface area (Å²) in [6, 6.07) is 20.7. The van der Waals surface area contributed by atoms with Gasteiger partial charge in [-0.1, -0.05) is 49.4 Å². The van der Waals surface area contributed by atoms with E-state index in [1.54, 1.807) is 30.2 Å². The van der Waals surface area contributed by atoms with Crippen molar-refractivity contribution in [2.24, 2.45) is 5.92 Å². The predicted molar refractivity (Wildman–Crippen MR) is 136 cm³/mol. The lowest BCUT2D eigenvalue weighted by molar-refractivity contribution is -0.136. The van der Waals surface area contributed by atoms with E-state index >= 15 is 0 Å². The lowest BCUT2D eigenvalue weighted by Crippen LogP contribution is -2.49. The first-order valence-corrected chi connectivity index (χ1v) is 12.5. The molecule has 2 heterocycles. The third-order valence-corrected chi connectivity index (χ3v) is 7.52. The first kappa shape index (κ1) is 24.0. The highest BCUT2D eigenvalue weighted by Crippen LogP contribution is 2.45. The van der Waals surface area contributed by atoms with E-state index in [0.29, 0.717) is 17.2 Å². The van der Waals surface area contributed by atoms with Gasteiger partial charge in [-0.05, 0) is 65.8 Å². The summed E-state index contributed by atoms with van der Waals surface area (Å²) in [6.07, 6.45) is 1.96. The fourth-order valence-electron chi connectivity index (χ4n) is 5.42. The Balaban J connectivity index is 1.62. The number of methoxy groups -OCH3 is 1. The molecule has 5 nitrogen and oxygen atoms in total. The molecule has 1 saturated heterocycles. The van der Waals surface area contributed by atoms with E-state index < -0.39 is 12.0 Å². The molecule has 2 aliphatic rings. The Morgan fingerprint density at radius 2 is 1.64 bits per heavy atom. The quantitative estimate of drug-likeness (QED) is 0.474. The number of benzene rings is 3. The molecule has 6 heteroatoms. The van der Waals surface area contributed by atoms with Crippen LogP contribution in [0.5, 0.6) is 5.75 Å². The minimum absolute atomic E-state index is 0.0479. The Bertz CT molecular complexity index is 1230. The molecular formula is C30H31FN2O3. The molecule has 5 rings (SSSR count). The molecule has 0 aliphatic carbocycles. The van der Waals surface area contributed by atoms with E-state index in [2.05, 4.69) is 6.92 Å². The molecule has 3 aromatic rings. The average molecular weight is 487 g/mol. The van der Waals surface area contributed by atoms with Crippen LogP contribution in [0, 0.1) is 11.7 Å². The van der Waals surface area contributed by atoms with Gasteiger partial charge in [0.2, 0.25) is 5.91 Å². The van der Waals surface area contributed by atoms with Gasteiger partial charge in [-0.3, -0.25) is 9.59 Å². The predicted octanol–water partition coefficient (Wildman–Crippen LogP) is 5.57. The molecule has 2 aliphatic heterocycles. The molecule has 0 saturated carbocycles. The van der Waals surface area contributed by atoms with Crippen molar-refractivity contribution in [1.29, 1.82) is 0 Å². The zero-order valence-corrected chi connectivity index (χ0v) is 20.7. The van der Waals surface area contributed by atoms with Crippen molar-refractivity contribution < 1.29 is 18.7 Å². The summed E-state index contributed by atoms with van der Waals surface area (Å²) in [5, 5.41) is 0. The minimum atomic E-state index is -0.541. The SMILES string of the molecule is COc1ccc([C@H]2[C@H](C(=O)N3CCC(C)CC3)c3ccccc3C(=O)N2Cc2ccc(F)cc2)cc1. The molecule has 36 heavy (non-hydrogen) atoms. The van der Waals surface area contributed by atoms with Crippen molar-refractivity contribution in [3.63, 3.8) is 0 Å². The lowest BCUT2D eigenvalue weighted by Gasteiger charge is -2.44. The third-order valence-electron chi connectivity index (χ3n) is 7.52. The van der Waals surface area contributed by atoms with Crippen LogP contribution >= 0.6 is 0 Å². The summed E-state index contributed by atoms with van der Waals surface area (Å²) >= 11 is 0. The van der Waals surface area contributed by atoms with Crippen molar-refractivity contribution in [2.75, 3.05) is 20.2 Å². The standard InChI is InChI=1S/C30H31FN2O3/c1-20-15-17-32(18-16-20)30(35)27-25-5-3-4-6-26(25)29(34)33(19-21-7-11-23(31)12-8-21)28(27)22-9-13-24(36-2)14-10-22/h3-14,20,27-28H,15-19H2,1-2H3/t27-,28+/m1/s1. The molecule has 0 spiro atoms. The summed E-state index contributed by atoms with van der Waals surface area (Å²) in [5.74, 6) is 0.356. The summed E-state index contributed by atoms with van der Waals surface area (Å²) in [4.78, 5) is 31.8. The molecule has 0 N–H and O–H groups in total. The Morgan fingerprint density at radius 1 is 0.972 bits per heavy atom. The van der Waals surface area contributed by atoms with Crippen LogP contribution in [0.25, 0.3) is 0 Å². The normalized spacial score (nSPS) is 20.2. The highest BCUT2D eigenvalue weighted by Gasteiger charge is 2.45. The Morgan fingerprint density at radius 3 is 2.31 bits per heavy atom. The maximum absolute atomic E-state index is 14.2. The minimum Gasteiger partial charge on any atom is -0.497 e. The topological polar surface area (TPSA) is 49.9 Å². The molecule has 186 valence electrons. The lowest BCUT2D eigenvalue weighted by atomic mass is 9.78. The Kier molecular flexibility index (Phi) is 6.77. The Hall–Kier alpha value is -3.67. The van der Waals surface area contributed by atoms with Crippen LogP contribution in [0.4, 0.5) is 4.39 Å². The number of carbonyl (C=O) groups excluding carboxylic acids is 2. The molecule has 3 aromatic carbocycles. The molecular weight excluding hydrogens is 455 g/mol. The molecule has 1 fully saturated rings. The number of rotatable bonds is 5. The highest BCUT2D eigenvalue weighted by atomic mass is 19.1. The van der Waals surface area contributed by atoms with Crippen molar-refractivity contribution >= 4 is 11.8 Å². The number of hydrogen-bond donors (Lipinski definition) is 0. The summed E-state index contributed by atoms with van der Waals surface area (Å²) in [7, 11) is 1.61. The van der Waals surface area contributed by atoms with E-state index in [4.69, 9.17) is 4.74 Å². The summed E-state index contributed by atoms with van der Waals surface area (Å²) in [5.41, 5.74) is 2.99. The monoisotopic (exact) mass is 486 g/mol. The smallest absolute Gasteiger partial charge is 0.255 e. The molecule has 2 amide bonds. The highest BCUT2D eigenvalue weighted by molar-refractivity contribution is 6.01. The average Bonchev–Trinajstić information content (AvgIpc) is 2.91. The van der Waals surface area contributed by atoms with Crippen LogP contribution < -0.4 is 4.74 Å². The van der Waals surface area contributed by atoms with Gasteiger partial charge in [-0.25, -0.2) is 4.39 Å². The first-order chi connectivity index (χ1) is 17.5. The van der Waals surface area contributed by atoms with Gasteiger partial charge in [0, 0.05) is 25.2 Å². The number of carbonyl (C=O) groups is 2. The van der Waals surface area contributed by atoms with E-state index in [-0.39, 0.29) is 24.2 Å². The number of amides is 2. The zero-order valence-electron chi connectivity index (χ0n) is 20.7. The zero-order chi connectivity index (χ0) is 25.2. The number of hydrogen-bond acceptors (Lipinski definition) is 3. The number of halogens is 1. The summed E-state index contributed by atoms with van der Waals surface area (Å²) in [6.45, 7) is 3.94. The molecule has 0 aromatic heterocycles. The van der Waals surface area contributed by atoms with Gasteiger partial charge in [0.15, 0.2) is 0 Å². The second-order valence-corrected chi connectivity index (χ2v) is 9.85. The van der Waals surface area contributed by atoms with Crippen LogP contribution in [-0.4, -0.2) is 41.8 Å².